The molecule has 0 radical (unpaired) electrons. The van der Waals surface area contributed by atoms with E-state index in [1.54, 1.807) is 0 Å². The Morgan fingerprint density at radius 1 is 0.829 bits per heavy atom. The fourth-order valence-corrected chi connectivity index (χ4v) is 11.4. The van der Waals surface area contributed by atoms with Gasteiger partial charge in [0.05, 0.1) is 6.10 Å². The summed E-state index contributed by atoms with van der Waals surface area (Å²) in [7, 11) is -4.47. The van der Waals surface area contributed by atoms with Gasteiger partial charge < -0.3 is 0 Å². The van der Waals surface area contributed by atoms with Crippen LogP contribution in [0.25, 0.3) is 0 Å². The van der Waals surface area contributed by atoms with E-state index in [-0.39, 0.29) is 10.8 Å². The zero-order valence-electron chi connectivity index (χ0n) is 23.9. The van der Waals surface area contributed by atoms with Crippen molar-refractivity contribution < 1.29 is 17.2 Å². The van der Waals surface area contributed by atoms with E-state index < -0.39 is 16.5 Å². The molecule has 4 aliphatic rings. The minimum absolute atomic E-state index is 0.170. The fourth-order valence-electron chi connectivity index (χ4n) is 10.8. The summed E-state index contributed by atoms with van der Waals surface area (Å²) in [6.07, 6.45) is 12.7. The topological polar surface area (TPSA) is 63.6 Å². The van der Waals surface area contributed by atoms with Gasteiger partial charge in [-0.2, -0.15) is 8.42 Å². The standard InChI is InChI=1S/C30H54O4S/c1-20(2)10-9-11-21(3)22-14-18-29(7)23-12-13-25-27(4,5)17-16-26(34-35(31,32)33)30(25,8)24(23)15-19-28(22,29)6/h20-26H,9-19H2,1-8H3,(H,31,32,33)/t21-,22-,23-,24+,25+,26?,28-,29+,30-/m1/s1. The van der Waals surface area contributed by atoms with Crippen molar-refractivity contribution in [3.05, 3.63) is 0 Å². The first-order valence-electron chi connectivity index (χ1n) is 14.7. The van der Waals surface area contributed by atoms with Crippen LogP contribution in [0.4, 0.5) is 0 Å². The Balaban J connectivity index is 1.63. The summed E-state index contributed by atoms with van der Waals surface area (Å²) < 4.78 is 39.0. The second-order valence-electron chi connectivity index (χ2n) is 15.1. The molecule has 0 amide bonds. The van der Waals surface area contributed by atoms with E-state index in [1.807, 2.05) is 0 Å². The van der Waals surface area contributed by atoms with Gasteiger partial charge in [-0.3, -0.25) is 4.55 Å². The summed E-state index contributed by atoms with van der Waals surface area (Å²) in [4.78, 5) is 0. The highest BCUT2D eigenvalue weighted by atomic mass is 32.3. The molecule has 1 N–H and O–H groups in total. The Kier molecular flexibility index (Phi) is 7.38. The molecule has 0 bridgehead atoms. The fraction of sp³-hybridized carbons (Fsp3) is 1.00. The molecule has 0 aromatic carbocycles. The van der Waals surface area contributed by atoms with Crippen LogP contribution in [-0.4, -0.2) is 19.1 Å². The minimum atomic E-state index is -4.47. The molecule has 0 spiro atoms. The summed E-state index contributed by atoms with van der Waals surface area (Å²) >= 11 is 0. The van der Waals surface area contributed by atoms with Crippen LogP contribution in [0.3, 0.4) is 0 Å². The van der Waals surface area contributed by atoms with Crippen molar-refractivity contribution in [2.45, 2.75) is 132 Å². The molecule has 35 heavy (non-hydrogen) atoms. The lowest BCUT2D eigenvalue weighted by Crippen LogP contribution is -2.64. The third-order valence-corrected chi connectivity index (χ3v) is 13.2. The lowest BCUT2D eigenvalue weighted by Gasteiger charge is -2.68. The largest absolute Gasteiger partial charge is 0.397 e. The normalized spacial score (nSPS) is 46.1. The average molecular weight is 511 g/mol. The molecule has 1 unspecified atom stereocenters. The molecule has 0 heterocycles. The first-order valence-corrected chi connectivity index (χ1v) is 16.1. The lowest BCUT2D eigenvalue weighted by atomic mass is 9.37. The van der Waals surface area contributed by atoms with Crippen molar-refractivity contribution in [1.82, 2.24) is 0 Å². The van der Waals surface area contributed by atoms with Crippen LogP contribution in [0, 0.1) is 57.2 Å². The van der Waals surface area contributed by atoms with E-state index >= 15 is 0 Å². The third-order valence-electron chi connectivity index (χ3n) is 12.7. The molecule has 4 nitrogen and oxygen atoms in total. The first-order chi connectivity index (χ1) is 16.1. The van der Waals surface area contributed by atoms with E-state index in [9.17, 15) is 13.0 Å². The van der Waals surface area contributed by atoms with Crippen LogP contribution in [0.1, 0.15) is 126 Å². The van der Waals surface area contributed by atoms with Gasteiger partial charge in [0.15, 0.2) is 0 Å². The molecule has 204 valence electrons. The average Bonchev–Trinajstić information content (AvgIpc) is 3.01. The van der Waals surface area contributed by atoms with Crippen LogP contribution < -0.4 is 0 Å². The van der Waals surface area contributed by atoms with Crippen molar-refractivity contribution >= 4 is 10.4 Å². The van der Waals surface area contributed by atoms with Crippen LogP contribution >= 0.6 is 0 Å². The lowest BCUT2D eigenvalue weighted by molar-refractivity contribution is -0.211. The van der Waals surface area contributed by atoms with Crippen LogP contribution in [0.15, 0.2) is 0 Å². The Bertz CT molecular complexity index is 881. The Morgan fingerprint density at radius 2 is 1.49 bits per heavy atom. The molecule has 4 rings (SSSR count). The van der Waals surface area contributed by atoms with Crippen molar-refractivity contribution in [3.8, 4) is 0 Å². The van der Waals surface area contributed by atoms with E-state index in [0.29, 0.717) is 35.0 Å². The predicted octanol–water partition coefficient (Wildman–Crippen LogP) is 8.32. The SMILES string of the molecule is CC(C)CCC[C@@H](C)[C@H]1CC[C@@]2(C)[C@@H]3CC[C@H]4C(C)(C)CCC(OS(=O)(=O)O)[C@]4(C)[C@H]3CC[C@]12C. The van der Waals surface area contributed by atoms with Gasteiger partial charge in [-0.25, -0.2) is 4.18 Å². The number of fused-ring (bicyclic) bond motifs is 5. The van der Waals surface area contributed by atoms with Crippen molar-refractivity contribution in [2.75, 3.05) is 0 Å². The minimum Gasteiger partial charge on any atom is -0.264 e. The molecular weight excluding hydrogens is 456 g/mol. The predicted molar refractivity (Wildman–Crippen MR) is 143 cm³/mol. The van der Waals surface area contributed by atoms with Crippen molar-refractivity contribution in [3.63, 3.8) is 0 Å². The first kappa shape index (κ1) is 27.9. The zero-order chi connectivity index (χ0) is 26.0. The molecule has 4 aliphatic carbocycles. The number of rotatable bonds is 7. The van der Waals surface area contributed by atoms with Gasteiger partial charge in [0.2, 0.25) is 0 Å². The van der Waals surface area contributed by atoms with Gasteiger partial charge in [-0.15, -0.1) is 0 Å². The van der Waals surface area contributed by atoms with Crippen molar-refractivity contribution in [1.29, 1.82) is 0 Å². The smallest absolute Gasteiger partial charge is 0.264 e. The maximum atomic E-state index is 11.9. The molecule has 9 atom stereocenters. The summed E-state index contributed by atoms with van der Waals surface area (Å²) in [5, 5.41) is 0. The molecule has 0 aliphatic heterocycles. The van der Waals surface area contributed by atoms with Gasteiger partial charge in [0.25, 0.3) is 0 Å². The van der Waals surface area contributed by atoms with Gasteiger partial charge in [0.1, 0.15) is 0 Å². The van der Waals surface area contributed by atoms with Gasteiger partial charge in [-0.05, 0) is 103 Å². The summed E-state index contributed by atoms with van der Waals surface area (Å²) in [5.74, 6) is 3.84. The molecule has 0 saturated heterocycles. The molecule has 4 fully saturated rings. The molecular formula is C30H54O4S. The quantitative estimate of drug-likeness (QED) is 0.350. The van der Waals surface area contributed by atoms with Gasteiger partial charge >= 0.3 is 10.4 Å². The molecule has 4 saturated carbocycles. The van der Waals surface area contributed by atoms with Gasteiger partial charge in [-0.1, -0.05) is 74.7 Å². The zero-order valence-corrected chi connectivity index (χ0v) is 24.7. The second-order valence-corrected chi connectivity index (χ2v) is 16.1. The van der Waals surface area contributed by atoms with E-state index in [0.717, 1.165) is 30.6 Å². The summed E-state index contributed by atoms with van der Waals surface area (Å²) in [5.41, 5.74) is 0.610. The molecule has 0 aromatic rings. The highest BCUT2D eigenvalue weighted by Crippen LogP contribution is 2.75. The highest BCUT2D eigenvalue weighted by Gasteiger charge is 2.68. The van der Waals surface area contributed by atoms with Crippen LogP contribution in [-0.2, 0) is 14.6 Å². The van der Waals surface area contributed by atoms with E-state index in [1.165, 1.54) is 51.4 Å². The van der Waals surface area contributed by atoms with E-state index in [2.05, 4.69) is 55.4 Å². The molecule has 0 aromatic heterocycles. The summed E-state index contributed by atoms with van der Waals surface area (Å²) in [6, 6.07) is 0. The Morgan fingerprint density at radius 3 is 2.11 bits per heavy atom. The van der Waals surface area contributed by atoms with Crippen LogP contribution in [0.5, 0.6) is 0 Å². The number of hydrogen-bond acceptors (Lipinski definition) is 3. The second kappa shape index (κ2) is 9.26. The van der Waals surface area contributed by atoms with E-state index in [4.69, 9.17) is 4.18 Å². The Hall–Kier alpha value is -0.130. The van der Waals surface area contributed by atoms with Gasteiger partial charge in [0, 0.05) is 5.41 Å². The Labute approximate surface area is 216 Å². The van der Waals surface area contributed by atoms with Crippen molar-refractivity contribution in [2.24, 2.45) is 57.2 Å². The summed E-state index contributed by atoms with van der Waals surface area (Å²) in [6.45, 7) is 19.5. The van der Waals surface area contributed by atoms with Crippen LogP contribution in [0.2, 0.25) is 0 Å². The number of hydrogen-bond donors (Lipinski definition) is 1. The maximum absolute atomic E-state index is 11.9. The molecule has 5 heteroatoms. The maximum Gasteiger partial charge on any atom is 0.397 e. The monoisotopic (exact) mass is 510 g/mol. The highest BCUT2D eigenvalue weighted by molar-refractivity contribution is 7.80. The third kappa shape index (κ3) is 4.56.